The lowest BCUT2D eigenvalue weighted by Gasteiger charge is -2.08. The first-order valence-electron chi connectivity index (χ1n) is 7.05. The van der Waals surface area contributed by atoms with E-state index in [0.29, 0.717) is 11.3 Å². The Kier molecular flexibility index (Phi) is 4.01. The van der Waals surface area contributed by atoms with E-state index in [1.807, 2.05) is 6.92 Å². The first kappa shape index (κ1) is 14.7. The van der Waals surface area contributed by atoms with Crippen molar-refractivity contribution in [3.05, 3.63) is 54.1 Å². The monoisotopic (exact) mass is 309 g/mol. The highest BCUT2D eigenvalue weighted by Gasteiger charge is 2.10. The van der Waals surface area contributed by atoms with Crippen LogP contribution in [0.5, 0.6) is 0 Å². The summed E-state index contributed by atoms with van der Waals surface area (Å²) in [6.07, 6.45) is 4.79. The van der Waals surface area contributed by atoms with Crippen molar-refractivity contribution in [2.75, 3.05) is 11.9 Å². The maximum atomic E-state index is 12.1. The van der Waals surface area contributed by atoms with Crippen LogP contribution in [0.1, 0.15) is 15.9 Å². The van der Waals surface area contributed by atoms with Crippen LogP contribution in [0, 0.1) is 6.92 Å². The number of rotatable bonds is 4. The van der Waals surface area contributed by atoms with Gasteiger partial charge in [0.15, 0.2) is 0 Å². The number of imidazole rings is 1. The normalized spacial score (nSPS) is 10.5. The Morgan fingerprint density at radius 1 is 1.26 bits per heavy atom. The SMILES string of the molecule is Cc1ccncc1NC(=O)CNC(=O)c1ccc2nc[nH]c2c1. The molecule has 116 valence electrons. The molecule has 1 aromatic carbocycles. The molecule has 0 atom stereocenters. The van der Waals surface area contributed by atoms with Gasteiger partial charge in [-0.15, -0.1) is 0 Å². The van der Waals surface area contributed by atoms with Gasteiger partial charge in [0.05, 0.1) is 35.8 Å². The molecule has 0 radical (unpaired) electrons. The minimum absolute atomic E-state index is 0.117. The van der Waals surface area contributed by atoms with Crippen LogP contribution in [0.3, 0.4) is 0 Å². The van der Waals surface area contributed by atoms with E-state index in [9.17, 15) is 9.59 Å². The van der Waals surface area contributed by atoms with Crippen molar-refractivity contribution < 1.29 is 9.59 Å². The number of anilines is 1. The Morgan fingerprint density at radius 3 is 2.96 bits per heavy atom. The van der Waals surface area contributed by atoms with Crippen LogP contribution < -0.4 is 10.6 Å². The predicted octanol–water partition coefficient (Wildman–Crippen LogP) is 1.63. The molecule has 0 aliphatic rings. The fourth-order valence-corrected chi connectivity index (χ4v) is 2.13. The van der Waals surface area contributed by atoms with E-state index >= 15 is 0 Å². The van der Waals surface area contributed by atoms with Gasteiger partial charge in [0.2, 0.25) is 5.91 Å². The van der Waals surface area contributed by atoms with E-state index < -0.39 is 0 Å². The second-order valence-corrected chi connectivity index (χ2v) is 5.06. The Balaban J connectivity index is 1.60. The molecular formula is C16H15N5O2. The molecule has 7 heteroatoms. The summed E-state index contributed by atoms with van der Waals surface area (Å²) in [7, 11) is 0. The molecule has 0 unspecified atom stereocenters. The van der Waals surface area contributed by atoms with Crippen molar-refractivity contribution in [1.29, 1.82) is 0 Å². The van der Waals surface area contributed by atoms with Gasteiger partial charge in [0.1, 0.15) is 0 Å². The summed E-state index contributed by atoms with van der Waals surface area (Å²) in [5.41, 5.74) is 3.56. The lowest BCUT2D eigenvalue weighted by atomic mass is 10.2. The van der Waals surface area contributed by atoms with Gasteiger partial charge in [-0.05, 0) is 36.8 Å². The molecule has 0 aliphatic carbocycles. The second-order valence-electron chi connectivity index (χ2n) is 5.06. The van der Waals surface area contributed by atoms with Crippen molar-refractivity contribution in [1.82, 2.24) is 20.3 Å². The Bertz CT molecular complexity index is 872. The quantitative estimate of drug-likeness (QED) is 0.682. The maximum Gasteiger partial charge on any atom is 0.251 e. The number of amides is 2. The third-order valence-corrected chi connectivity index (χ3v) is 3.41. The topological polar surface area (TPSA) is 99.8 Å². The highest BCUT2D eigenvalue weighted by molar-refractivity contribution is 6.01. The summed E-state index contributed by atoms with van der Waals surface area (Å²) >= 11 is 0. The summed E-state index contributed by atoms with van der Waals surface area (Å²) in [6.45, 7) is 1.75. The number of aromatic nitrogens is 3. The lowest BCUT2D eigenvalue weighted by molar-refractivity contribution is -0.115. The zero-order chi connectivity index (χ0) is 16.2. The number of benzene rings is 1. The summed E-state index contributed by atoms with van der Waals surface area (Å²) in [5, 5.41) is 5.30. The van der Waals surface area contributed by atoms with E-state index in [4.69, 9.17) is 0 Å². The maximum absolute atomic E-state index is 12.1. The number of hydrogen-bond donors (Lipinski definition) is 3. The first-order chi connectivity index (χ1) is 11.1. The van der Waals surface area contributed by atoms with Crippen molar-refractivity contribution >= 4 is 28.5 Å². The van der Waals surface area contributed by atoms with Gasteiger partial charge in [-0.3, -0.25) is 14.6 Å². The van der Waals surface area contributed by atoms with E-state index in [-0.39, 0.29) is 18.4 Å². The molecule has 0 aliphatic heterocycles. The molecule has 0 fully saturated rings. The van der Waals surface area contributed by atoms with E-state index in [1.165, 1.54) is 0 Å². The van der Waals surface area contributed by atoms with Gasteiger partial charge in [-0.25, -0.2) is 4.98 Å². The molecule has 0 spiro atoms. The highest BCUT2D eigenvalue weighted by atomic mass is 16.2. The Morgan fingerprint density at radius 2 is 2.13 bits per heavy atom. The summed E-state index contributed by atoms with van der Waals surface area (Å²) in [6, 6.07) is 6.91. The Labute approximate surface area is 132 Å². The molecule has 0 saturated carbocycles. The number of nitrogens with one attached hydrogen (secondary N) is 3. The fraction of sp³-hybridized carbons (Fsp3) is 0.125. The van der Waals surface area contributed by atoms with Crippen LogP contribution in [0.15, 0.2) is 43.0 Å². The molecule has 2 amide bonds. The number of hydrogen-bond acceptors (Lipinski definition) is 4. The van der Waals surface area contributed by atoms with Crippen LogP contribution in [0.25, 0.3) is 11.0 Å². The number of H-pyrrole nitrogens is 1. The Hall–Kier alpha value is -3.22. The molecule has 23 heavy (non-hydrogen) atoms. The van der Waals surface area contributed by atoms with Gasteiger partial charge in [0, 0.05) is 11.8 Å². The summed E-state index contributed by atoms with van der Waals surface area (Å²) in [5.74, 6) is -0.628. The van der Waals surface area contributed by atoms with Crippen molar-refractivity contribution in [3.8, 4) is 0 Å². The minimum atomic E-state index is -0.320. The third kappa shape index (κ3) is 3.34. The van der Waals surface area contributed by atoms with E-state index in [0.717, 1.165) is 16.6 Å². The molecular weight excluding hydrogens is 294 g/mol. The van der Waals surface area contributed by atoms with Gasteiger partial charge >= 0.3 is 0 Å². The van der Waals surface area contributed by atoms with Crippen LogP contribution in [0.2, 0.25) is 0 Å². The zero-order valence-electron chi connectivity index (χ0n) is 12.5. The number of aryl methyl sites for hydroxylation is 1. The number of nitrogens with zero attached hydrogens (tertiary/aromatic N) is 2. The molecule has 3 rings (SSSR count). The number of aromatic amines is 1. The number of fused-ring (bicyclic) bond motifs is 1. The van der Waals surface area contributed by atoms with Crippen molar-refractivity contribution in [2.24, 2.45) is 0 Å². The van der Waals surface area contributed by atoms with Gasteiger partial charge in [-0.2, -0.15) is 0 Å². The van der Waals surface area contributed by atoms with E-state index in [2.05, 4.69) is 25.6 Å². The minimum Gasteiger partial charge on any atom is -0.345 e. The summed E-state index contributed by atoms with van der Waals surface area (Å²) in [4.78, 5) is 35.0. The summed E-state index contributed by atoms with van der Waals surface area (Å²) < 4.78 is 0. The van der Waals surface area contributed by atoms with Crippen LogP contribution in [-0.4, -0.2) is 33.3 Å². The lowest BCUT2D eigenvalue weighted by Crippen LogP contribution is -2.33. The largest absolute Gasteiger partial charge is 0.345 e. The molecule has 3 aromatic rings. The van der Waals surface area contributed by atoms with Crippen molar-refractivity contribution in [3.63, 3.8) is 0 Å². The van der Waals surface area contributed by atoms with Crippen LogP contribution in [0.4, 0.5) is 5.69 Å². The average Bonchev–Trinajstić information content (AvgIpc) is 3.02. The third-order valence-electron chi connectivity index (χ3n) is 3.41. The number of carbonyl (C=O) groups excluding carboxylic acids is 2. The molecule has 2 heterocycles. The smallest absolute Gasteiger partial charge is 0.251 e. The highest BCUT2D eigenvalue weighted by Crippen LogP contribution is 2.12. The fourth-order valence-electron chi connectivity index (χ4n) is 2.13. The standard InChI is InChI=1S/C16H15N5O2/c1-10-4-5-17-7-14(10)21-15(22)8-18-16(23)11-2-3-12-13(6-11)20-9-19-12/h2-7,9H,8H2,1H3,(H,18,23)(H,19,20)(H,21,22). The molecule has 0 bridgehead atoms. The van der Waals surface area contributed by atoms with Gasteiger partial charge in [-0.1, -0.05) is 0 Å². The number of carbonyl (C=O) groups is 2. The molecule has 2 aromatic heterocycles. The number of pyridine rings is 1. The van der Waals surface area contributed by atoms with Crippen molar-refractivity contribution in [2.45, 2.75) is 6.92 Å². The van der Waals surface area contributed by atoms with Crippen LogP contribution >= 0.6 is 0 Å². The van der Waals surface area contributed by atoms with Crippen LogP contribution in [-0.2, 0) is 4.79 Å². The average molecular weight is 309 g/mol. The second kappa shape index (κ2) is 6.27. The van der Waals surface area contributed by atoms with E-state index in [1.54, 1.807) is 43.0 Å². The zero-order valence-corrected chi connectivity index (χ0v) is 12.5. The molecule has 0 saturated heterocycles. The first-order valence-corrected chi connectivity index (χ1v) is 7.05. The predicted molar refractivity (Wildman–Crippen MR) is 86.0 cm³/mol. The van der Waals surface area contributed by atoms with Gasteiger partial charge < -0.3 is 15.6 Å². The molecule has 7 nitrogen and oxygen atoms in total. The van der Waals surface area contributed by atoms with Gasteiger partial charge in [0.25, 0.3) is 5.91 Å². The molecule has 3 N–H and O–H groups in total.